The van der Waals surface area contributed by atoms with Crippen molar-refractivity contribution in [2.75, 3.05) is 26.5 Å². The molecule has 0 bridgehead atoms. The zero-order valence-corrected chi connectivity index (χ0v) is 16.8. The topological polar surface area (TPSA) is 86.5 Å². The van der Waals surface area contributed by atoms with Gasteiger partial charge in [0.1, 0.15) is 5.82 Å². The van der Waals surface area contributed by atoms with Gasteiger partial charge in [0.2, 0.25) is 5.91 Å². The summed E-state index contributed by atoms with van der Waals surface area (Å²) in [7, 11) is 3.16. The van der Waals surface area contributed by atoms with E-state index in [0.29, 0.717) is 24.5 Å². The summed E-state index contributed by atoms with van der Waals surface area (Å²) in [5.74, 6) is 0.895. The van der Waals surface area contributed by atoms with Gasteiger partial charge in [0.15, 0.2) is 11.5 Å². The van der Waals surface area contributed by atoms with Gasteiger partial charge in [-0.3, -0.25) is 4.79 Å². The number of hydrogen-bond donors (Lipinski definition) is 1. The average Bonchev–Trinajstić information content (AvgIpc) is 3.21. The van der Waals surface area contributed by atoms with E-state index < -0.39 is 5.82 Å². The third-order valence-corrected chi connectivity index (χ3v) is 4.84. The van der Waals surface area contributed by atoms with Crippen molar-refractivity contribution in [3.05, 3.63) is 53.8 Å². The molecule has 0 aliphatic carbocycles. The highest BCUT2D eigenvalue weighted by atomic mass is 32.2. The number of carbonyl (C=O) groups is 1. The molecule has 0 saturated heterocycles. The van der Waals surface area contributed by atoms with E-state index in [4.69, 9.17) is 13.9 Å². The molecule has 1 N–H and O–H groups in total. The average molecular weight is 417 g/mol. The second kappa shape index (κ2) is 9.92. The van der Waals surface area contributed by atoms with Crippen LogP contribution in [0.1, 0.15) is 5.56 Å². The van der Waals surface area contributed by atoms with E-state index in [2.05, 4.69) is 15.5 Å². The van der Waals surface area contributed by atoms with Crippen LogP contribution in [0.3, 0.4) is 0 Å². The number of hydrogen-bond acceptors (Lipinski definition) is 7. The minimum absolute atomic E-state index is 0.0828. The molecule has 0 fully saturated rings. The van der Waals surface area contributed by atoms with Crippen molar-refractivity contribution < 1.29 is 23.1 Å². The lowest BCUT2D eigenvalue weighted by molar-refractivity contribution is -0.118. The molecule has 2 aromatic carbocycles. The zero-order valence-electron chi connectivity index (χ0n) is 16.0. The Labute approximate surface area is 171 Å². The van der Waals surface area contributed by atoms with Crippen LogP contribution in [0.5, 0.6) is 11.5 Å². The fourth-order valence-corrected chi connectivity index (χ4v) is 3.17. The maximum atomic E-state index is 13.8. The van der Waals surface area contributed by atoms with Crippen molar-refractivity contribution in [1.82, 2.24) is 15.5 Å². The highest BCUT2D eigenvalue weighted by Gasteiger charge is 2.14. The highest BCUT2D eigenvalue weighted by Crippen LogP contribution is 2.27. The zero-order chi connectivity index (χ0) is 20.6. The van der Waals surface area contributed by atoms with Crippen LogP contribution in [0.25, 0.3) is 11.5 Å². The number of nitrogens with one attached hydrogen (secondary N) is 1. The van der Waals surface area contributed by atoms with Crippen LogP contribution in [0.15, 0.2) is 52.1 Å². The molecule has 0 spiro atoms. The Hall–Kier alpha value is -3.07. The monoisotopic (exact) mass is 417 g/mol. The standard InChI is InChI=1S/C20H20FN3O4S/c1-26-16-8-7-13(11-17(16)27-2)9-10-22-18(25)12-29-20-24-23-19(28-20)14-5-3-4-6-15(14)21/h3-8,11H,9-10,12H2,1-2H3,(H,22,25). The van der Waals surface area contributed by atoms with E-state index in [1.807, 2.05) is 18.2 Å². The normalized spacial score (nSPS) is 10.6. The summed E-state index contributed by atoms with van der Waals surface area (Å²) >= 11 is 1.10. The predicted molar refractivity (Wildman–Crippen MR) is 107 cm³/mol. The Kier molecular flexibility index (Phi) is 7.07. The molecule has 0 unspecified atom stereocenters. The lowest BCUT2D eigenvalue weighted by Gasteiger charge is -2.10. The summed E-state index contributed by atoms with van der Waals surface area (Å²) in [6.45, 7) is 0.471. The fourth-order valence-electron chi connectivity index (χ4n) is 2.57. The number of thioether (sulfide) groups is 1. The molecule has 152 valence electrons. The summed E-state index contributed by atoms with van der Waals surface area (Å²) in [5, 5.41) is 10.7. The number of benzene rings is 2. The summed E-state index contributed by atoms with van der Waals surface area (Å²) in [5.41, 5.74) is 1.24. The van der Waals surface area contributed by atoms with Crippen LogP contribution < -0.4 is 14.8 Å². The maximum Gasteiger partial charge on any atom is 0.277 e. The van der Waals surface area contributed by atoms with Gasteiger partial charge in [0, 0.05) is 6.54 Å². The van der Waals surface area contributed by atoms with Crippen LogP contribution >= 0.6 is 11.8 Å². The quantitative estimate of drug-likeness (QED) is 0.534. The Morgan fingerprint density at radius 3 is 2.69 bits per heavy atom. The molecular weight excluding hydrogens is 397 g/mol. The van der Waals surface area contributed by atoms with Crippen LogP contribution in [0, 0.1) is 5.82 Å². The molecule has 29 heavy (non-hydrogen) atoms. The molecule has 0 aliphatic rings. The minimum Gasteiger partial charge on any atom is -0.493 e. The molecule has 1 aromatic heterocycles. The third-order valence-electron chi connectivity index (χ3n) is 4.02. The molecule has 0 radical (unpaired) electrons. The van der Waals surface area contributed by atoms with Gasteiger partial charge in [-0.25, -0.2) is 4.39 Å². The summed E-state index contributed by atoms with van der Waals surface area (Å²) in [4.78, 5) is 12.0. The van der Waals surface area contributed by atoms with E-state index in [1.165, 1.54) is 6.07 Å². The Bertz CT molecular complexity index is 980. The molecule has 1 amide bonds. The lowest BCUT2D eigenvalue weighted by atomic mass is 10.1. The van der Waals surface area contributed by atoms with Gasteiger partial charge in [-0.1, -0.05) is 30.0 Å². The van der Waals surface area contributed by atoms with Crippen molar-refractivity contribution in [1.29, 1.82) is 0 Å². The molecule has 0 atom stereocenters. The fraction of sp³-hybridized carbons (Fsp3) is 0.250. The Morgan fingerprint density at radius 1 is 1.14 bits per heavy atom. The lowest BCUT2D eigenvalue weighted by Crippen LogP contribution is -2.27. The number of methoxy groups -OCH3 is 2. The molecular formula is C20H20FN3O4S. The highest BCUT2D eigenvalue weighted by molar-refractivity contribution is 7.99. The number of amides is 1. The Morgan fingerprint density at radius 2 is 1.93 bits per heavy atom. The van der Waals surface area contributed by atoms with Crippen molar-refractivity contribution in [3.63, 3.8) is 0 Å². The molecule has 7 nitrogen and oxygen atoms in total. The van der Waals surface area contributed by atoms with Gasteiger partial charge in [-0.2, -0.15) is 0 Å². The van der Waals surface area contributed by atoms with E-state index in [1.54, 1.807) is 32.4 Å². The smallest absolute Gasteiger partial charge is 0.277 e. The van der Waals surface area contributed by atoms with Gasteiger partial charge in [0.25, 0.3) is 11.1 Å². The first-order valence-corrected chi connectivity index (χ1v) is 9.78. The molecule has 0 aliphatic heterocycles. The first-order chi connectivity index (χ1) is 14.1. The number of halogens is 1. The van der Waals surface area contributed by atoms with E-state index in [0.717, 1.165) is 17.3 Å². The molecule has 3 aromatic rings. The van der Waals surface area contributed by atoms with E-state index in [-0.39, 0.29) is 28.3 Å². The number of aromatic nitrogens is 2. The maximum absolute atomic E-state index is 13.8. The van der Waals surface area contributed by atoms with Gasteiger partial charge < -0.3 is 19.2 Å². The number of nitrogens with zero attached hydrogens (tertiary/aromatic N) is 2. The van der Waals surface area contributed by atoms with Gasteiger partial charge in [-0.05, 0) is 36.2 Å². The molecule has 3 rings (SSSR count). The Balaban J connectivity index is 1.46. The van der Waals surface area contributed by atoms with Crippen molar-refractivity contribution in [3.8, 4) is 23.0 Å². The van der Waals surface area contributed by atoms with Crippen LogP contribution in [-0.4, -0.2) is 42.6 Å². The van der Waals surface area contributed by atoms with E-state index in [9.17, 15) is 9.18 Å². The van der Waals surface area contributed by atoms with Crippen molar-refractivity contribution >= 4 is 17.7 Å². The summed E-state index contributed by atoms with van der Waals surface area (Å²) < 4.78 is 29.6. The molecule has 1 heterocycles. The summed E-state index contributed by atoms with van der Waals surface area (Å²) in [6, 6.07) is 11.8. The van der Waals surface area contributed by atoms with E-state index >= 15 is 0 Å². The van der Waals surface area contributed by atoms with Crippen molar-refractivity contribution in [2.45, 2.75) is 11.6 Å². The second-order valence-electron chi connectivity index (χ2n) is 5.93. The largest absolute Gasteiger partial charge is 0.493 e. The SMILES string of the molecule is COc1ccc(CCNC(=O)CSc2nnc(-c3ccccc3F)o2)cc1OC. The van der Waals surface area contributed by atoms with Crippen molar-refractivity contribution in [2.24, 2.45) is 0 Å². The van der Waals surface area contributed by atoms with Crippen LogP contribution in [-0.2, 0) is 11.2 Å². The number of rotatable bonds is 9. The first-order valence-electron chi connectivity index (χ1n) is 8.79. The van der Waals surface area contributed by atoms with Gasteiger partial charge >= 0.3 is 0 Å². The number of carbonyl (C=O) groups excluding carboxylic acids is 1. The van der Waals surface area contributed by atoms with Gasteiger partial charge in [-0.15, -0.1) is 10.2 Å². The van der Waals surface area contributed by atoms with Crippen LogP contribution in [0.2, 0.25) is 0 Å². The number of ether oxygens (including phenoxy) is 2. The molecule has 9 heteroatoms. The second-order valence-corrected chi connectivity index (χ2v) is 6.86. The minimum atomic E-state index is -0.444. The van der Waals surface area contributed by atoms with Crippen LogP contribution in [0.4, 0.5) is 4.39 Å². The molecule has 0 saturated carbocycles. The van der Waals surface area contributed by atoms with Gasteiger partial charge in [0.05, 0.1) is 25.5 Å². The summed E-state index contributed by atoms with van der Waals surface area (Å²) in [6.07, 6.45) is 0.648. The predicted octanol–water partition coefficient (Wildman–Crippen LogP) is 3.34. The first kappa shape index (κ1) is 20.7. The third kappa shape index (κ3) is 5.47.